The van der Waals surface area contributed by atoms with Gasteiger partial charge in [-0.2, -0.15) is 0 Å². The Morgan fingerprint density at radius 3 is 2.59 bits per heavy atom. The van der Waals surface area contributed by atoms with Crippen molar-refractivity contribution in [2.75, 3.05) is 18.5 Å². The van der Waals surface area contributed by atoms with Gasteiger partial charge in [-0.3, -0.25) is 10.1 Å². The number of fused-ring (bicyclic) bond motifs is 1. The number of ether oxygens (including phenoxy) is 2. The monoisotopic (exact) mass is 404 g/mol. The Morgan fingerprint density at radius 2 is 1.89 bits per heavy atom. The van der Waals surface area contributed by atoms with Crippen molar-refractivity contribution in [3.63, 3.8) is 0 Å². The molecule has 0 radical (unpaired) electrons. The van der Waals surface area contributed by atoms with E-state index < -0.39 is 0 Å². The Kier molecular flexibility index (Phi) is 5.93. The lowest BCUT2D eigenvalue weighted by atomic mass is 10.2. The van der Waals surface area contributed by atoms with E-state index in [1.165, 1.54) is 11.3 Å². The van der Waals surface area contributed by atoms with Gasteiger partial charge >= 0.3 is 5.97 Å². The molecule has 0 spiro atoms. The van der Waals surface area contributed by atoms with Crippen LogP contribution in [0.2, 0.25) is 5.02 Å². The van der Waals surface area contributed by atoms with Crippen LogP contribution in [0.4, 0.5) is 5.13 Å². The number of hydrogen-bond acceptors (Lipinski definition) is 6. The van der Waals surface area contributed by atoms with Gasteiger partial charge in [0.1, 0.15) is 5.75 Å². The van der Waals surface area contributed by atoms with Gasteiger partial charge in [-0.25, -0.2) is 9.78 Å². The lowest BCUT2D eigenvalue weighted by molar-refractivity contribution is 0.0526. The molecule has 1 aromatic heterocycles. The fourth-order valence-corrected chi connectivity index (χ4v) is 3.54. The minimum Gasteiger partial charge on any atom is -0.492 e. The highest BCUT2D eigenvalue weighted by molar-refractivity contribution is 7.22. The van der Waals surface area contributed by atoms with Crippen LogP contribution in [0.25, 0.3) is 10.2 Å². The predicted molar refractivity (Wildman–Crippen MR) is 106 cm³/mol. The molecular formula is C19H17ClN2O4S. The van der Waals surface area contributed by atoms with Crippen LogP contribution in [-0.4, -0.2) is 30.1 Å². The first-order valence-electron chi connectivity index (χ1n) is 8.33. The molecule has 2 aromatic carbocycles. The number of esters is 1. The molecule has 140 valence electrons. The van der Waals surface area contributed by atoms with Gasteiger partial charge in [-0.05, 0) is 50.2 Å². The van der Waals surface area contributed by atoms with E-state index in [4.69, 9.17) is 21.1 Å². The zero-order valence-electron chi connectivity index (χ0n) is 14.7. The number of benzene rings is 2. The summed E-state index contributed by atoms with van der Waals surface area (Å²) < 4.78 is 11.1. The zero-order chi connectivity index (χ0) is 19.4. The molecule has 0 aliphatic heterocycles. The number of hydrogen-bond donors (Lipinski definition) is 1. The zero-order valence-corrected chi connectivity index (χ0v) is 16.3. The maximum Gasteiger partial charge on any atom is 0.338 e. The quantitative estimate of drug-likeness (QED) is 0.598. The molecule has 1 heterocycles. The lowest BCUT2D eigenvalue weighted by Crippen LogP contribution is -2.11. The topological polar surface area (TPSA) is 77.5 Å². The second-order valence-corrected chi connectivity index (χ2v) is 6.89. The third kappa shape index (κ3) is 4.37. The molecule has 0 bridgehead atoms. The molecule has 27 heavy (non-hydrogen) atoms. The van der Waals surface area contributed by atoms with Gasteiger partial charge in [-0.15, -0.1) is 0 Å². The molecule has 0 atom stereocenters. The molecule has 0 fully saturated rings. The summed E-state index contributed by atoms with van der Waals surface area (Å²) in [6.07, 6.45) is 0. The molecule has 6 nitrogen and oxygen atoms in total. The molecule has 0 aliphatic rings. The Bertz CT molecular complexity index is 1000. The fraction of sp³-hybridized carbons (Fsp3) is 0.211. The normalized spacial score (nSPS) is 10.6. The number of anilines is 1. The van der Waals surface area contributed by atoms with Crippen LogP contribution < -0.4 is 10.1 Å². The molecule has 0 saturated heterocycles. The Hall–Kier alpha value is -2.64. The highest BCUT2D eigenvalue weighted by Crippen LogP contribution is 2.29. The second-order valence-electron chi connectivity index (χ2n) is 5.45. The van der Waals surface area contributed by atoms with E-state index in [2.05, 4.69) is 10.3 Å². The summed E-state index contributed by atoms with van der Waals surface area (Å²) in [5, 5.41) is 3.55. The van der Waals surface area contributed by atoms with Crippen molar-refractivity contribution in [3.8, 4) is 5.75 Å². The number of nitrogens with zero attached hydrogens (tertiary/aromatic N) is 1. The summed E-state index contributed by atoms with van der Waals surface area (Å²) >= 11 is 7.41. The van der Waals surface area contributed by atoms with Crippen molar-refractivity contribution in [3.05, 3.63) is 52.5 Å². The van der Waals surface area contributed by atoms with Gasteiger partial charge in [-0.1, -0.05) is 22.9 Å². The molecule has 1 amide bonds. The number of thiazole rings is 1. The van der Waals surface area contributed by atoms with Crippen LogP contribution >= 0.6 is 22.9 Å². The molecular weight excluding hydrogens is 388 g/mol. The third-order valence-corrected chi connectivity index (χ3v) is 4.84. The van der Waals surface area contributed by atoms with Crippen LogP contribution in [0.1, 0.15) is 34.6 Å². The van der Waals surface area contributed by atoms with E-state index in [-0.39, 0.29) is 11.9 Å². The second kappa shape index (κ2) is 8.37. The van der Waals surface area contributed by atoms with E-state index in [0.717, 1.165) is 4.70 Å². The fourth-order valence-electron chi connectivity index (χ4n) is 2.40. The first-order valence-corrected chi connectivity index (χ1v) is 9.52. The summed E-state index contributed by atoms with van der Waals surface area (Å²) in [4.78, 5) is 28.7. The Labute approximate surface area is 165 Å². The van der Waals surface area contributed by atoms with Crippen molar-refractivity contribution < 1.29 is 19.1 Å². The summed E-state index contributed by atoms with van der Waals surface area (Å²) in [5.74, 6) is -0.186. The third-order valence-electron chi connectivity index (χ3n) is 3.61. The van der Waals surface area contributed by atoms with Gasteiger partial charge in [0.25, 0.3) is 5.91 Å². The van der Waals surface area contributed by atoms with Crippen molar-refractivity contribution >= 4 is 50.2 Å². The number of amides is 1. The number of carbonyl (C=O) groups excluding carboxylic acids is 2. The van der Waals surface area contributed by atoms with Crippen LogP contribution in [0.5, 0.6) is 5.75 Å². The minimum absolute atomic E-state index is 0.311. The van der Waals surface area contributed by atoms with E-state index in [0.29, 0.717) is 45.8 Å². The molecule has 0 aliphatic carbocycles. The molecule has 3 aromatic rings. The highest BCUT2D eigenvalue weighted by Gasteiger charge is 2.14. The smallest absolute Gasteiger partial charge is 0.338 e. The summed E-state index contributed by atoms with van der Waals surface area (Å²) in [7, 11) is 0. The average Bonchev–Trinajstić information content (AvgIpc) is 3.05. The minimum atomic E-state index is -0.387. The van der Waals surface area contributed by atoms with Crippen LogP contribution in [-0.2, 0) is 4.74 Å². The van der Waals surface area contributed by atoms with Gasteiger partial charge in [0, 0.05) is 5.56 Å². The van der Waals surface area contributed by atoms with Gasteiger partial charge in [0.15, 0.2) is 5.13 Å². The Balaban J connectivity index is 1.78. The van der Waals surface area contributed by atoms with Crippen molar-refractivity contribution in [2.45, 2.75) is 13.8 Å². The number of aromatic nitrogens is 1. The van der Waals surface area contributed by atoms with Gasteiger partial charge in [0.05, 0.1) is 34.0 Å². The maximum absolute atomic E-state index is 12.5. The number of carbonyl (C=O) groups is 2. The van der Waals surface area contributed by atoms with E-state index in [1.807, 2.05) is 6.92 Å². The van der Waals surface area contributed by atoms with Crippen LogP contribution in [0, 0.1) is 0 Å². The van der Waals surface area contributed by atoms with E-state index in [1.54, 1.807) is 43.3 Å². The van der Waals surface area contributed by atoms with E-state index in [9.17, 15) is 9.59 Å². The number of rotatable bonds is 6. The Morgan fingerprint density at radius 1 is 1.11 bits per heavy atom. The molecule has 1 N–H and O–H groups in total. The predicted octanol–water partition coefficient (Wildman–Crippen LogP) is 4.78. The van der Waals surface area contributed by atoms with Crippen LogP contribution in [0.15, 0.2) is 36.4 Å². The summed E-state index contributed by atoms with van der Waals surface area (Å²) in [5.41, 5.74) is 1.53. The highest BCUT2D eigenvalue weighted by atomic mass is 35.5. The van der Waals surface area contributed by atoms with Crippen molar-refractivity contribution in [2.24, 2.45) is 0 Å². The first kappa shape index (κ1) is 19.1. The van der Waals surface area contributed by atoms with Crippen molar-refractivity contribution in [1.29, 1.82) is 0 Å². The largest absolute Gasteiger partial charge is 0.492 e. The molecule has 8 heteroatoms. The molecule has 0 unspecified atom stereocenters. The first-order chi connectivity index (χ1) is 13.0. The molecule has 0 saturated carbocycles. The SMILES string of the molecule is CCOC(=O)c1ccc2nc(NC(=O)c3ccc(OCC)c(Cl)c3)sc2c1. The number of halogens is 1. The average molecular weight is 405 g/mol. The summed E-state index contributed by atoms with van der Waals surface area (Å²) in [6.45, 7) is 4.41. The van der Waals surface area contributed by atoms with Gasteiger partial charge in [0.2, 0.25) is 0 Å². The summed E-state index contributed by atoms with van der Waals surface area (Å²) in [6, 6.07) is 9.92. The lowest BCUT2D eigenvalue weighted by Gasteiger charge is -2.07. The molecule has 3 rings (SSSR count). The maximum atomic E-state index is 12.5. The van der Waals surface area contributed by atoms with E-state index >= 15 is 0 Å². The van der Waals surface area contributed by atoms with Crippen LogP contribution in [0.3, 0.4) is 0 Å². The van der Waals surface area contributed by atoms with Gasteiger partial charge < -0.3 is 9.47 Å². The van der Waals surface area contributed by atoms with Crippen molar-refractivity contribution in [1.82, 2.24) is 4.98 Å². The standard InChI is InChI=1S/C19H17ClN2O4S/c1-3-25-15-8-6-11(9-13(15)20)17(23)22-19-21-14-7-5-12(10-16(14)27-19)18(24)26-4-2/h5-10H,3-4H2,1-2H3,(H,21,22,23). The number of nitrogens with one attached hydrogen (secondary N) is 1.